The maximum Gasteiger partial charge on any atom is 0.223 e. The predicted molar refractivity (Wildman–Crippen MR) is 56.7 cm³/mol. The SMILES string of the molecule is Nc1cc(NCCC2CC2)nc(N)n1. The lowest BCUT2D eigenvalue weighted by molar-refractivity contribution is 0.758. The van der Waals surface area contributed by atoms with Crippen molar-refractivity contribution in [2.45, 2.75) is 19.3 Å². The summed E-state index contributed by atoms with van der Waals surface area (Å²) in [6.45, 7) is 0.931. The smallest absolute Gasteiger partial charge is 0.223 e. The molecule has 2 rings (SSSR count). The van der Waals surface area contributed by atoms with E-state index in [2.05, 4.69) is 15.3 Å². The highest BCUT2D eigenvalue weighted by Crippen LogP contribution is 2.32. The Balaban J connectivity index is 1.87. The lowest BCUT2D eigenvalue weighted by atomic mass is 10.3. The zero-order chi connectivity index (χ0) is 9.97. The van der Waals surface area contributed by atoms with Gasteiger partial charge in [-0.25, -0.2) is 0 Å². The van der Waals surface area contributed by atoms with Gasteiger partial charge in [0.1, 0.15) is 11.6 Å². The maximum absolute atomic E-state index is 5.53. The maximum atomic E-state index is 5.53. The van der Waals surface area contributed by atoms with Crippen LogP contribution in [0.15, 0.2) is 6.07 Å². The third kappa shape index (κ3) is 2.48. The molecule has 0 unspecified atom stereocenters. The average Bonchev–Trinajstić information content (AvgIpc) is 2.86. The summed E-state index contributed by atoms with van der Waals surface area (Å²) in [4.78, 5) is 7.82. The van der Waals surface area contributed by atoms with Crippen molar-refractivity contribution < 1.29 is 0 Å². The Morgan fingerprint density at radius 3 is 2.79 bits per heavy atom. The molecule has 1 heterocycles. The standard InChI is InChI=1S/C9H15N5/c10-7-5-8(14-9(11)13-7)12-4-3-6-1-2-6/h5-6H,1-4H2,(H5,10,11,12,13,14). The number of nitrogen functional groups attached to an aromatic ring is 2. The van der Waals surface area contributed by atoms with Gasteiger partial charge in [-0.05, 0) is 12.3 Å². The summed E-state index contributed by atoms with van der Waals surface area (Å²) in [7, 11) is 0. The number of rotatable bonds is 4. The second kappa shape index (κ2) is 3.69. The van der Waals surface area contributed by atoms with Crippen LogP contribution in [0.5, 0.6) is 0 Å². The molecule has 0 aliphatic heterocycles. The largest absolute Gasteiger partial charge is 0.383 e. The third-order valence-electron chi connectivity index (χ3n) is 2.32. The van der Waals surface area contributed by atoms with Crippen molar-refractivity contribution in [2.75, 3.05) is 23.3 Å². The van der Waals surface area contributed by atoms with Gasteiger partial charge in [-0.1, -0.05) is 12.8 Å². The van der Waals surface area contributed by atoms with Crippen LogP contribution in [-0.4, -0.2) is 16.5 Å². The van der Waals surface area contributed by atoms with Crippen molar-refractivity contribution in [3.05, 3.63) is 6.07 Å². The first kappa shape index (κ1) is 9.05. The van der Waals surface area contributed by atoms with Gasteiger partial charge in [-0.3, -0.25) is 0 Å². The molecule has 14 heavy (non-hydrogen) atoms. The molecule has 0 aromatic carbocycles. The van der Waals surface area contributed by atoms with Crippen molar-refractivity contribution in [2.24, 2.45) is 5.92 Å². The number of hydrogen-bond acceptors (Lipinski definition) is 5. The minimum absolute atomic E-state index is 0.221. The van der Waals surface area contributed by atoms with Crippen molar-refractivity contribution in [1.82, 2.24) is 9.97 Å². The molecular weight excluding hydrogens is 178 g/mol. The number of nitrogens with two attached hydrogens (primary N) is 2. The van der Waals surface area contributed by atoms with Crippen LogP contribution < -0.4 is 16.8 Å². The molecule has 1 aliphatic carbocycles. The summed E-state index contributed by atoms with van der Waals surface area (Å²) in [5, 5.41) is 3.19. The Hall–Kier alpha value is -1.52. The Bertz CT molecular complexity index is 301. The van der Waals surface area contributed by atoms with E-state index in [-0.39, 0.29) is 5.95 Å². The Morgan fingerprint density at radius 2 is 2.14 bits per heavy atom. The number of nitrogens with one attached hydrogen (secondary N) is 1. The van der Waals surface area contributed by atoms with E-state index in [0.29, 0.717) is 5.82 Å². The molecule has 5 nitrogen and oxygen atoms in total. The molecule has 0 spiro atoms. The molecule has 1 aromatic rings. The minimum atomic E-state index is 0.221. The lowest BCUT2D eigenvalue weighted by Crippen LogP contribution is -2.07. The lowest BCUT2D eigenvalue weighted by Gasteiger charge is -2.05. The second-order valence-corrected chi connectivity index (χ2v) is 3.70. The van der Waals surface area contributed by atoms with Gasteiger partial charge in [0.25, 0.3) is 0 Å². The van der Waals surface area contributed by atoms with Gasteiger partial charge in [0.2, 0.25) is 5.95 Å². The molecule has 0 saturated heterocycles. The van der Waals surface area contributed by atoms with E-state index >= 15 is 0 Å². The summed E-state index contributed by atoms with van der Waals surface area (Å²) in [5.41, 5.74) is 11.0. The van der Waals surface area contributed by atoms with Crippen LogP contribution in [0.3, 0.4) is 0 Å². The van der Waals surface area contributed by atoms with Crippen LogP contribution in [-0.2, 0) is 0 Å². The average molecular weight is 193 g/mol. The fourth-order valence-electron chi connectivity index (χ4n) is 1.39. The first-order chi connectivity index (χ1) is 6.74. The number of aromatic nitrogens is 2. The van der Waals surface area contributed by atoms with Gasteiger partial charge in [-0.2, -0.15) is 9.97 Å². The second-order valence-electron chi connectivity index (χ2n) is 3.70. The highest BCUT2D eigenvalue weighted by Gasteiger charge is 2.20. The predicted octanol–water partition coefficient (Wildman–Crippen LogP) is 0.853. The summed E-state index contributed by atoms with van der Waals surface area (Å²) >= 11 is 0. The van der Waals surface area contributed by atoms with Gasteiger partial charge in [0, 0.05) is 12.6 Å². The summed E-state index contributed by atoms with van der Waals surface area (Å²) in [5.74, 6) is 2.26. The van der Waals surface area contributed by atoms with E-state index in [1.807, 2.05) is 0 Å². The van der Waals surface area contributed by atoms with Gasteiger partial charge >= 0.3 is 0 Å². The third-order valence-corrected chi connectivity index (χ3v) is 2.32. The molecule has 5 heteroatoms. The topological polar surface area (TPSA) is 89.8 Å². The first-order valence-corrected chi connectivity index (χ1v) is 4.88. The highest BCUT2D eigenvalue weighted by atomic mass is 15.1. The van der Waals surface area contributed by atoms with Crippen LogP contribution in [0.1, 0.15) is 19.3 Å². The van der Waals surface area contributed by atoms with Crippen molar-refractivity contribution in [3.8, 4) is 0 Å². The molecule has 1 aliphatic rings. The van der Waals surface area contributed by atoms with Gasteiger partial charge in [0.05, 0.1) is 0 Å². The molecule has 1 fully saturated rings. The number of nitrogens with zero attached hydrogens (tertiary/aromatic N) is 2. The van der Waals surface area contributed by atoms with Crippen LogP contribution in [0.25, 0.3) is 0 Å². The fraction of sp³-hybridized carbons (Fsp3) is 0.556. The van der Waals surface area contributed by atoms with E-state index in [1.165, 1.54) is 19.3 Å². The number of anilines is 3. The van der Waals surface area contributed by atoms with Gasteiger partial charge < -0.3 is 16.8 Å². The zero-order valence-corrected chi connectivity index (χ0v) is 8.03. The quantitative estimate of drug-likeness (QED) is 0.659. The summed E-state index contributed by atoms with van der Waals surface area (Å²) in [6, 6.07) is 1.70. The molecule has 0 radical (unpaired) electrons. The molecule has 1 aromatic heterocycles. The number of hydrogen-bond donors (Lipinski definition) is 3. The van der Waals surface area contributed by atoms with Crippen LogP contribution in [0, 0.1) is 5.92 Å². The molecular formula is C9H15N5. The minimum Gasteiger partial charge on any atom is -0.383 e. The van der Waals surface area contributed by atoms with Crippen LogP contribution in [0.2, 0.25) is 0 Å². The molecule has 76 valence electrons. The van der Waals surface area contributed by atoms with Crippen molar-refractivity contribution in [1.29, 1.82) is 0 Å². The normalized spacial score (nSPS) is 15.4. The molecule has 0 atom stereocenters. The van der Waals surface area contributed by atoms with Crippen molar-refractivity contribution in [3.63, 3.8) is 0 Å². The Kier molecular flexibility index (Phi) is 2.39. The first-order valence-electron chi connectivity index (χ1n) is 4.88. The van der Waals surface area contributed by atoms with E-state index in [9.17, 15) is 0 Å². The Labute approximate surface area is 82.9 Å². The molecule has 0 bridgehead atoms. The fourth-order valence-corrected chi connectivity index (χ4v) is 1.39. The van der Waals surface area contributed by atoms with Gasteiger partial charge in [0.15, 0.2) is 0 Å². The van der Waals surface area contributed by atoms with E-state index in [0.717, 1.165) is 18.3 Å². The monoisotopic (exact) mass is 193 g/mol. The summed E-state index contributed by atoms with van der Waals surface area (Å²) in [6.07, 6.45) is 3.94. The molecule has 0 amide bonds. The van der Waals surface area contributed by atoms with E-state index < -0.39 is 0 Å². The van der Waals surface area contributed by atoms with Gasteiger partial charge in [-0.15, -0.1) is 0 Å². The molecule has 5 N–H and O–H groups in total. The van der Waals surface area contributed by atoms with Crippen molar-refractivity contribution >= 4 is 17.6 Å². The zero-order valence-electron chi connectivity index (χ0n) is 8.03. The van der Waals surface area contributed by atoms with Crippen LogP contribution >= 0.6 is 0 Å². The van der Waals surface area contributed by atoms with E-state index in [1.54, 1.807) is 6.07 Å². The highest BCUT2D eigenvalue weighted by molar-refractivity contribution is 5.48. The molecule has 1 saturated carbocycles. The summed E-state index contributed by atoms with van der Waals surface area (Å²) < 4.78 is 0. The van der Waals surface area contributed by atoms with E-state index in [4.69, 9.17) is 11.5 Å². The Morgan fingerprint density at radius 1 is 1.36 bits per heavy atom. The van der Waals surface area contributed by atoms with Crippen LogP contribution in [0.4, 0.5) is 17.6 Å².